The lowest BCUT2D eigenvalue weighted by molar-refractivity contribution is 0.101. The van der Waals surface area contributed by atoms with Gasteiger partial charge < -0.3 is 4.74 Å². The van der Waals surface area contributed by atoms with Crippen LogP contribution in [0, 0.1) is 0 Å². The molecule has 0 amide bonds. The van der Waals surface area contributed by atoms with Gasteiger partial charge in [-0.05, 0) is 38.7 Å². The highest BCUT2D eigenvalue weighted by molar-refractivity contribution is 5.93. The molecule has 3 heteroatoms. The van der Waals surface area contributed by atoms with Gasteiger partial charge in [0.1, 0.15) is 6.10 Å². The molecule has 1 aliphatic carbocycles. The number of hydrogen-bond donors (Lipinski definition) is 0. The first kappa shape index (κ1) is 11.1. The van der Waals surface area contributed by atoms with Crippen molar-refractivity contribution < 1.29 is 9.53 Å². The second kappa shape index (κ2) is 5.10. The van der Waals surface area contributed by atoms with Crippen LogP contribution in [0.4, 0.5) is 0 Å². The van der Waals surface area contributed by atoms with Gasteiger partial charge in [-0.1, -0.05) is 6.42 Å². The summed E-state index contributed by atoms with van der Waals surface area (Å²) >= 11 is 0. The molecule has 16 heavy (non-hydrogen) atoms. The molecule has 0 aromatic carbocycles. The number of Topliss-reactive ketones (excluding diaryl/α,β-unsaturated/α-hetero) is 1. The number of aromatic nitrogens is 1. The number of rotatable bonds is 3. The molecule has 0 spiro atoms. The summed E-state index contributed by atoms with van der Waals surface area (Å²) < 4.78 is 5.77. The fourth-order valence-electron chi connectivity index (χ4n) is 2.01. The van der Waals surface area contributed by atoms with Gasteiger partial charge in [-0.15, -0.1) is 0 Å². The van der Waals surface area contributed by atoms with Gasteiger partial charge in [0, 0.05) is 17.8 Å². The summed E-state index contributed by atoms with van der Waals surface area (Å²) in [5.41, 5.74) is 0.635. The Morgan fingerprint density at radius 1 is 1.31 bits per heavy atom. The first-order chi connectivity index (χ1) is 7.75. The van der Waals surface area contributed by atoms with Crippen molar-refractivity contribution in [2.75, 3.05) is 0 Å². The minimum Gasteiger partial charge on any atom is -0.474 e. The van der Waals surface area contributed by atoms with E-state index < -0.39 is 0 Å². The van der Waals surface area contributed by atoms with Crippen molar-refractivity contribution in [2.45, 2.75) is 45.1 Å². The standard InChI is InChI=1S/C13H17NO2/c1-10(15)11-7-8-13(14-9-11)16-12-5-3-2-4-6-12/h7-9,12H,2-6H2,1H3. The van der Waals surface area contributed by atoms with Crippen molar-refractivity contribution in [1.82, 2.24) is 4.98 Å². The van der Waals surface area contributed by atoms with Gasteiger partial charge in [0.05, 0.1) is 0 Å². The number of carbonyl (C=O) groups excluding carboxylic acids is 1. The monoisotopic (exact) mass is 219 g/mol. The van der Waals surface area contributed by atoms with E-state index >= 15 is 0 Å². The zero-order valence-corrected chi connectivity index (χ0v) is 9.61. The Balaban J connectivity index is 1.96. The Morgan fingerprint density at radius 2 is 2.06 bits per heavy atom. The molecular weight excluding hydrogens is 202 g/mol. The maximum Gasteiger partial charge on any atom is 0.213 e. The van der Waals surface area contributed by atoms with E-state index in [0.717, 1.165) is 12.8 Å². The van der Waals surface area contributed by atoms with Crippen molar-refractivity contribution in [2.24, 2.45) is 0 Å². The fraction of sp³-hybridized carbons (Fsp3) is 0.538. The van der Waals surface area contributed by atoms with Crippen LogP contribution in [0.15, 0.2) is 18.3 Å². The molecule has 1 fully saturated rings. The van der Waals surface area contributed by atoms with Crippen LogP contribution in [0.2, 0.25) is 0 Å². The number of nitrogens with zero attached hydrogens (tertiary/aromatic N) is 1. The van der Waals surface area contributed by atoms with Crippen molar-refractivity contribution in [1.29, 1.82) is 0 Å². The molecule has 0 bridgehead atoms. The number of pyridine rings is 1. The topological polar surface area (TPSA) is 39.2 Å². The van der Waals surface area contributed by atoms with Gasteiger partial charge in [0.15, 0.2) is 5.78 Å². The van der Waals surface area contributed by atoms with E-state index in [9.17, 15) is 4.79 Å². The summed E-state index contributed by atoms with van der Waals surface area (Å²) in [6.45, 7) is 1.54. The third kappa shape index (κ3) is 2.81. The third-order valence-electron chi connectivity index (χ3n) is 2.98. The van der Waals surface area contributed by atoms with E-state index in [0.29, 0.717) is 17.5 Å². The summed E-state index contributed by atoms with van der Waals surface area (Å²) in [7, 11) is 0. The zero-order valence-electron chi connectivity index (χ0n) is 9.61. The Bertz CT molecular complexity index is 353. The quantitative estimate of drug-likeness (QED) is 0.733. The van der Waals surface area contributed by atoms with E-state index in [2.05, 4.69) is 4.98 Å². The van der Waals surface area contributed by atoms with E-state index in [1.54, 1.807) is 25.3 Å². The van der Waals surface area contributed by atoms with Gasteiger partial charge in [0.25, 0.3) is 0 Å². The van der Waals surface area contributed by atoms with Crippen LogP contribution in [0.3, 0.4) is 0 Å². The zero-order chi connectivity index (χ0) is 11.4. The molecule has 1 aromatic heterocycles. The van der Waals surface area contributed by atoms with Crippen LogP contribution in [0.5, 0.6) is 5.88 Å². The Kier molecular flexibility index (Phi) is 3.54. The van der Waals surface area contributed by atoms with E-state index in [4.69, 9.17) is 4.74 Å². The summed E-state index contributed by atoms with van der Waals surface area (Å²) in [5, 5.41) is 0. The molecule has 2 rings (SSSR count). The molecule has 1 saturated carbocycles. The molecular formula is C13H17NO2. The summed E-state index contributed by atoms with van der Waals surface area (Å²) in [5.74, 6) is 0.675. The highest BCUT2D eigenvalue weighted by Gasteiger charge is 2.15. The molecule has 3 nitrogen and oxygen atoms in total. The predicted octanol–water partition coefficient (Wildman–Crippen LogP) is 3.00. The van der Waals surface area contributed by atoms with Gasteiger partial charge in [-0.2, -0.15) is 0 Å². The van der Waals surface area contributed by atoms with Crippen LogP contribution in [-0.4, -0.2) is 16.9 Å². The molecule has 1 aromatic rings. The summed E-state index contributed by atoms with van der Waals surface area (Å²) in [6, 6.07) is 3.55. The third-order valence-corrected chi connectivity index (χ3v) is 2.98. The molecule has 0 saturated heterocycles. The second-order valence-corrected chi connectivity index (χ2v) is 4.32. The number of ketones is 1. The molecule has 0 unspecified atom stereocenters. The minimum absolute atomic E-state index is 0.0386. The van der Waals surface area contributed by atoms with Crippen LogP contribution in [0.25, 0.3) is 0 Å². The minimum atomic E-state index is 0.0386. The average molecular weight is 219 g/mol. The molecule has 0 atom stereocenters. The molecule has 1 aliphatic rings. The van der Waals surface area contributed by atoms with Crippen molar-refractivity contribution in [3.8, 4) is 5.88 Å². The normalized spacial score (nSPS) is 17.1. The lowest BCUT2D eigenvalue weighted by atomic mass is 9.98. The highest BCUT2D eigenvalue weighted by Crippen LogP contribution is 2.22. The van der Waals surface area contributed by atoms with Crippen LogP contribution in [0.1, 0.15) is 49.4 Å². The van der Waals surface area contributed by atoms with Crippen LogP contribution in [-0.2, 0) is 0 Å². The molecule has 0 aliphatic heterocycles. The lowest BCUT2D eigenvalue weighted by Crippen LogP contribution is -2.20. The first-order valence-electron chi connectivity index (χ1n) is 5.89. The first-order valence-corrected chi connectivity index (χ1v) is 5.89. The average Bonchev–Trinajstić information content (AvgIpc) is 2.31. The number of carbonyl (C=O) groups is 1. The largest absolute Gasteiger partial charge is 0.474 e. The maximum atomic E-state index is 11.1. The lowest BCUT2D eigenvalue weighted by Gasteiger charge is -2.22. The molecule has 0 radical (unpaired) electrons. The Labute approximate surface area is 95.8 Å². The molecule has 1 heterocycles. The fourth-order valence-corrected chi connectivity index (χ4v) is 2.01. The summed E-state index contributed by atoms with van der Waals surface area (Å²) in [4.78, 5) is 15.2. The van der Waals surface area contributed by atoms with Gasteiger partial charge in [-0.25, -0.2) is 4.98 Å². The predicted molar refractivity (Wildman–Crippen MR) is 61.7 cm³/mol. The maximum absolute atomic E-state index is 11.1. The Hall–Kier alpha value is -1.38. The van der Waals surface area contributed by atoms with Gasteiger partial charge in [0.2, 0.25) is 5.88 Å². The summed E-state index contributed by atoms with van der Waals surface area (Å²) in [6.07, 6.45) is 7.94. The van der Waals surface area contributed by atoms with Crippen molar-refractivity contribution >= 4 is 5.78 Å². The molecule has 0 N–H and O–H groups in total. The van der Waals surface area contributed by atoms with Crippen LogP contribution >= 0.6 is 0 Å². The van der Waals surface area contributed by atoms with Crippen molar-refractivity contribution in [3.63, 3.8) is 0 Å². The van der Waals surface area contributed by atoms with Gasteiger partial charge in [-0.3, -0.25) is 4.79 Å². The van der Waals surface area contributed by atoms with E-state index in [1.165, 1.54) is 19.3 Å². The van der Waals surface area contributed by atoms with Gasteiger partial charge >= 0.3 is 0 Å². The van der Waals surface area contributed by atoms with Crippen molar-refractivity contribution in [3.05, 3.63) is 23.9 Å². The molecule has 86 valence electrons. The number of ether oxygens (including phenoxy) is 1. The van der Waals surface area contributed by atoms with E-state index in [-0.39, 0.29) is 5.78 Å². The number of hydrogen-bond acceptors (Lipinski definition) is 3. The Morgan fingerprint density at radius 3 is 2.62 bits per heavy atom. The second-order valence-electron chi connectivity index (χ2n) is 4.32. The van der Waals surface area contributed by atoms with E-state index in [1.807, 2.05) is 0 Å². The van der Waals surface area contributed by atoms with Crippen LogP contribution < -0.4 is 4.74 Å². The highest BCUT2D eigenvalue weighted by atomic mass is 16.5. The smallest absolute Gasteiger partial charge is 0.213 e. The SMILES string of the molecule is CC(=O)c1ccc(OC2CCCCC2)nc1.